The van der Waals surface area contributed by atoms with Gasteiger partial charge in [0.1, 0.15) is 25.4 Å². The van der Waals surface area contributed by atoms with E-state index in [1.165, 1.54) is 6.92 Å². The van der Waals surface area contributed by atoms with E-state index in [1.807, 2.05) is 0 Å². The smallest absolute Gasteiger partial charge is 0.240 e. The van der Waals surface area contributed by atoms with Gasteiger partial charge in [0.05, 0.1) is 26.4 Å². The van der Waals surface area contributed by atoms with Gasteiger partial charge in [0, 0.05) is 6.92 Å². The van der Waals surface area contributed by atoms with Gasteiger partial charge in [0.15, 0.2) is 0 Å². The van der Waals surface area contributed by atoms with Crippen molar-refractivity contribution in [1.29, 1.82) is 0 Å². The summed E-state index contributed by atoms with van der Waals surface area (Å²) in [5.41, 5.74) is -1.04. The van der Waals surface area contributed by atoms with Crippen LogP contribution in [0.2, 0.25) is 0 Å². The monoisotopic (exact) mass is 334 g/mol. The Balaban J connectivity index is 5.00. The highest BCUT2D eigenvalue weighted by Gasteiger charge is 2.33. The van der Waals surface area contributed by atoms with Crippen LogP contribution in [0, 0.1) is 37.0 Å². The van der Waals surface area contributed by atoms with Crippen LogP contribution in [-0.2, 0) is 23.8 Å². The van der Waals surface area contributed by atoms with Gasteiger partial charge >= 0.3 is 0 Å². The Morgan fingerprint density at radius 3 is 1.67 bits per heavy atom. The number of amides is 2. The first kappa shape index (κ1) is 21.5. The number of ether oxygens (including phenoxy) is 3. The molecule has 130 valence electrons. The number of carbonyl (C=O) groups is 2. The van der Waals surface area contributed by atoms with Gasteiger partial charge in [-0.2, -0.15) is 0 Å². The van der Waals surface area contributed by atoms with E-state index >= 15 is 0 Å². The van der Waals surface area contributed by atoms with Gasteiger partial charge in [-0.1, -0.05) is 17.8 Å². The van der Waals surface area contributed by atoms with E-state index in [4.69, 9.17) is 33.5 Å². The Labute approximate surface area is 142 Å². The van der Waals surface area contributed by atoms with Crippen molar-refractivity contribution in [2.75, 3.05) is 46.2 Å². The summed E-state index contributed by atoms with van der Waals surface area (Å²) in [4.78, 5) is 23.0. The third kappa shape index (κ3) is 10.3. The first-order valence-electron chi connectivity index (χ1n) is 7.08. The zero-order valence-electron chi connectivity index (χ0n) is 13.7. The molecule has 0 aliphatic rings. The Bertz CT molecular complexity index is 474. The molecule has 0 saturated carbocycles. The molecule has 0 radical (unpaired) electrons. The number of nitrogens with one attached hydrogen (secondary N) is 2. The summed E-state index contributed by atoms with van der Waals surface area (Å²) in [6.07, 6.45) is 15.5. The van der Waals surface area contributed by atoms with Gasteiger partial charge in [0.25, 0.3) is 0 Å². The first-order chi connectivity index (χ1) is 11.5. The molecule has 0 rings (SSSR count). The van der Waals surface area contributed by atoms with Crippen LogP contribution in [0.3, 0.4) is 0 Å². The Morgan fingerprint density at radius 1 is 0.917 bits per heavy atom. The maximum absolute atomic E-state index is 12.0. The van der Waals surface area contributed by atoms with E-state index in [1.54, 1.807) is 0 Å². The van der Waals surface area contributed by atoms with Crippen molar-refractivity contribution < 1.29 is 23.8 Å². The standard InChI is InChI=1S/C17H22N2O5/c1-5-8-22-12-17(13-23-9-6-2,14-24-10-7-3)19-16(21)11-18-15(4)20/h1-3H,8-14H2,4H3,(H,18,20)(H,19,21). The molecule has 0 spiro atoms. The van der Waals surface area contributed by atoms with Crippen molar-refractivity contribution in [1.82, 2.24) is 10.6 Å². The lowest BCUT2D eigenvalue weighted by molar-refractivity contribution is -0.128. The van der Waals surface area contributed by atoms with Crippen molar-refractivity contribution in [3.05, 3.63) is 0 Å². The molecule has 0 aromatic heterocycles. The van der Waals surface area contributed by atoms with E-state index in [0.717, 1.165) is 0 Å². The summed E-state index contributed by atoms with van der Waals surface area (Å²) in [5, 5.41) is 5.13. The molecule has 2 amide bonds. The average molecular weight is 334 g/mol. The van der Waals surface area contributed by atoms with E-state index in [9.17, 15) is 9.59 Å². The Morgan fingerprint density at radius 2 is 1.33 bits per heavy atom. The van der Waals surface area contributed by atoms with E-state index in [2.05, 4.69) is 28.4 Å². The molecule has 7 nitrogen and oxygen atoms in total. The van der Waals surface area contributed by atoms with E-state index < -0.39 is 11.4 Å². The molecule has 0 aromatic carbocycles. The Kier molecular flexibility index (Phi) is 11.6. The minimum atomic E-state index is -1.04. The number of hydrogen-bond acceptors (Lipinski definition) is 5. The summed E-state index contributed by atoms with van der Waals surface area (Å²) < 4.78 is 16.0. The SMILES string of the molecule is C#CCOCC(COCC#C)(COCC#C)NC(=O)CNC(C)=O. The van der Waals surface area contributed by atoms with Crippen molar-refractivity contribution >= 4 is 11.8 Å². The number of terminal acetylenes is 3. The number of hydrogen-bond donors (Lipinski definition) is 2. The summed E-state index contributed by atoms with van der Waals surface area (Å²) in [6, 6.07) is 0. The molecule has 0 saturated heterocycles. The molecular formula is C17H22N2O5. The zero-order chi connectivity index (χ0) is 18.3. The van der Waals surface area contributed by atoms with Crippen LogP contribution >= 0.6 is 0 Å². The summed E-state index contributed by atoms with van der Waals surface area (Å²) in [6.45, 7) is 1.34. The third-order valence-corrected chi connectivity index (χ3v) is 2.59. The molecule has 0 heterocycles. The average Bonchev–Trinajstić information content (AvgIpc) is 2.54. The van der Waals surface area contributed by atoms with Crippen molar-refractivity contribution in [2.45, 2.75) is 12.5 Å². The highest BCUT2D eigenvalue weighted by atomic mass is 16.5. The topological polar surface area (TPSA) is 85.9 Å². The lowest BCUT2D eigenvalue weighted by atomic mass is 10.0. The predicted octanol–water partition coefficient (Wildman–Crippen LogP) is -1.07. The molecule has 0 aromatic rings. The molecular weight excluding hydrogens is 312 g/mol. The molecule has 0 aliphatic heterocycles. The Hall–Kier alpha value is -2.50. The molecule has 0 unspecified atom stereocenters. The van der Waals surface area contributed by atoms with Gasteiger partial charge in [-0.05, 0) is 0 Å². The molecule has 0 aliphatic carbocycles. The fourth-order valence-corrected chi connectivity index (χ4v) is 1.69. The van der Waals surface area contributed by atoms with Crippen molar-refractivity contribution in [2.24, 2.45) is 0 Å². The number of carbonyl (C=O) groups excluding carboxylic acids is 2. The predicted molar refractivity (Wildman–Crippen MR) is 88.5 cm³/mol. The molecule has 2 N–H and O–H groups in total. The van der Waals surface area contributed by atoms with Crippen LogP contribution in [0.1, 0.15) is 6.92 Å². The quantitative estimate of drug-likeness (QED) is 0.351. The fourth-order valence-electron chi connectivity index (χ4n) is 1.69. The van der Waals surface area contributed by atoms with Crippen molar-refractivity contribution in [3.63, 3.8) is 0 Å². The lowest BCUT2D eigenvalue weighted by Crippen LogP contribution is -2.60. The van der Waals surface area contributed by atoms with Crippen LogP contribution in [0.5, 0.6) is 0 Å². The van der Waals surface area contributed by atoms with Crippen molar-refractivity contribution in [3.8, 4) is 37.0 Å². The summed E-state index contributed by atoms with van der Waals surface area (Å²) in [7, 11) is 0. The van der Waals surface area contributed by atoms with E-state index in [-0.39, 0.29) is 52.1 Å². The zero-order valence-corrected chi connectivity index (χ0v) is 13.7. The van der Waals surface area contributed by atoms with Crippen LogP contribution in [0.25, 0.3) is 0 Å². The van der Waals surface area contributed by atoms with Crippen LogP contribution < -0.4 is 10.6 Å². The number of rotatable bonds is 12. The summed E-state index contributed by atoms with van der Waals surface area (Å²) in [5.74, 6) is 6.22. The maximum atomic E-state index is 12.0. The lowest BCUT2D eigenvalue weighted by Gasteiger charge is -2.33. The third-order valence-electron chi connectivity index (χ3n) is 2.59. The second kappa shape index (κ2) is 13.0. The second-order valence-corrected chi connectivity index (χ2v) is 4.83. The van der Waals surface area contributed by atoms with Gasteiger partial charge in [-0.3, -0.25) is 9.59 Å². The van der Waals surface area contributed by atoms with Crippen LogP contribution in [0.4, 0.5) is 0 Å². The molecule has 0 bridgehead atoms. The maximum Gasteiger partial charge on any atom is 0.240 e. The molecule has 0 atom stereocenters. The minimum absolute atomic E-state index is 0.0259. The molecule has 0 fully saturated rings. The van der Waals surface area contributed by atoms with Gasteiger partial charge in [-0.15, -0.1) is 19.3 Å². The van der Waals surface area contributed by atoms with Gasteiger partial charge in [-0.25, -0.2) is 0 Å². The minimum Gasteiger partial charge on any atom is -0.366 e. The highest BCUT2D eigenvalue weighted by molar-refractivity contribution is 5.84. The normalized spacial score (nSPS) is 10.1. The fraction of sp³-hybridized carbons (Fsp3) is 0.529. The molecule has 7 heteroatoms. The molecule has 24 heavy (non-hydrogen) atoms. The highest BCUT2D eigenvalue weighted by Crippen LogP contribution is 2.09. The van der Waals surface area contributed by atoms with E-state index in [0.29, 0.717) is 0 Å². The van der Waals surface area contributed by atoms with Crippen LogP contribution in [-0.4, -0.2) is 63.5 Å². The first-order valence-corrected chi connectivity index (χ1v) is 7.08. The summed E-state index contributed by atoms with van der Waals surface area (Å²) >= 11 is 0. The van der Waals surface area contributed by atoms with Crippen LogP contribution in [0.15, 0.2) is 0 Å². The van der Waals surface area contributed by atoms with Gasteiger partial charge in [0.2, 0.25) is 11.8 Å². The van der Waals surface area contributed by atoms with Gasteiger partial charge < -0.3 is 24.8 Å². The largest absolute Gasteiger partial charge is 0.366 e. The second-order valence-electron chi connectivity index (χ2n) is 4.83.